The van der Waals surface area contributed by atoms with Crippen LogP contribution in [-0.2, 0) is 13.1 Å². The molecule has 1 rings (SSSR count). The second kappa shape index (κ2) is 7.77. The molecule has 2 N–H and O–H groups in total. The Morgan fingerprint density at radius 2 is 2.11 bits per heavy atom. The van der Waals surface area contributed by atoms with Gasteiger partial charge in [-0.15, -0.1) is 0 Å². The molecular weight excluding hydrogens is 247 g/mol. The highest BCUT2D eigenvalue weighted by atomic mass is 32.2. The van der Waals surface area contributed by atoms with Crippen LogP contribution in [0.25, 0.3) is 0 Å². The molecule has 0 aliphatic rings. The van der Waals surface area contributed by atoms with Crippen molar-refractivity contribution in [2.75, 3.05) is 19.1 Å². The third-order valence-electron chi connectivity index (χ3n) is 3.26. The zero-order valence-corrected chi connectivity index (χ0v) is 12.3. The van der Waals surface area contributed by atoms with Gasteiger partial charge in [-0.2, -0.15) is 11.8 Å². The Kier molecular flexibility index (Phi) is 6.68. The number of nitrogens with two attached hydrogens (primary N) is 1. The Balaban J connectivity index is 2.79. The van der Waals surface area contributed by atoms with E-state index in [4.69, 9.17) is 5.73 Å². The van der Waals surface area contributed by atoms with Gasteiger partial charge < -0.3 is 5.73 Å². The molecule has 0 radical (unpaired) electrons. The van der Waals surface area contributed by atoms with Gasteiger partial charge in [0.2, 0.25) is 0 Å². The summed E-state index contributed by atoms with van der Waals surface area (Å²) in [6.45, 7) is 3.40. The van der Waals surface area contributed by atoms with Crippen molar-refractivity contribution in [1.29, 1.82) is 0 Å². The van der Waals surface area contributed by atoms with E-state index in [9.17, 15) is 4.39 Å². The van der Waals surface area contributed by atoms with E-state index in [1.54, 1.807) is 12.1 Å². The topological polar surface area (TPSA) is 29.3 Å². The molecule has 18 heavy (non-hydrogen) atoms. The Labute approximate surface area is 114 Å². The van der Waals surface area contributed by atoms with Crippen molar-refractivity contribution in [3.05, 3.63) is 35.1 Å². The molecule has 0 aromatic heterocycles. The molecular formula is C14H23FN2S. The first-order chi connectivity index (χ1) is 8.62. The molecule has 0 saturated carbocycles. The standard InChI is InChI=1S/C14H23FN2S/c1-4-14(10-18-3)17(2)9-12-7-13(15)6-5-11(12)8-16/h5-7,14H,4,8-10,16H2,1-3H3. The maximum Gasteiger partial charge on any atom is 0.123 e. The molecule has 0 heterocycles. The molecule has 0 aliphatic heterocycles. The second-order valence-corrected chi connectivity index (χ2v) is 5.46. The number of benzene rings is 1. The van der Waals surface area contributed by atoms with Crippen molar-refractivity contribution in [1.82, 2.24) is 4.90 Å². The van der Waals surface area contributed by atoms with E-state index >= 15 is 0 Å². The van der Waals surface area contributed by atoms with Gasteiger partial charge >= 0.3 is 0 Å². The van der Waals surface area contributed by atoms with Crippen LogP contribution in [0.15, 0.2) is 18.2 Å². The van der Waals surface area contributed by atoms with Crippen molar-refractivity contribution < 1.29 is 4.39 Å². The van der Waals surface area contributed by atoms with Gasteiger partial charge in [0.15, 0.2) is 0 Å². The molecule has 4 heteroatoms. The molecule has 102 valence electrons. The monoisotopic (exact) mass is 270 g/mol. The minimum absolute atomic E-state index is 0.187. The van der Waals surface area contributed by atoms with Crippen molar-refractivity contribution in [3.8, 4) is 0 Å². The normalized spacial score (nSPS) is 13.0. The fourth-order valence-corrected chi connectivity index (χ4v) is 2.96. The van der Waals surface area contributed by atoms with Gasteiger partial charge in [-0.25, -0.2) is 4.39 Å². The SMILES string of the molecule is CCC(CSC)N(C)Cc1cc(F)ccc1CN. The molecule has 1 aromatic rings. The van der Waals surface area contributed by atoms with Crippen LogP contribution in [0.3, 0.4) is 0 Å². The van der Waals surface area contributed by atoms with Gasteiger partial charge in [-0.05, 0) is 43.0 Å². The summed E-state index contributed by atoms with van der Waals surface area (Å²) in [6, 6.07) is 5.39. The molecule has 1 unspecified atom stereocenters. The van der Waals surface area contributed by atoms with Crippen LogP contribution >= 0.6 is 11.8 Å². The lowest BCUT2D eigenvalue weighted by Gasteiger charge is -2.27. The minimum atomic E-state index is -0.187. The summed E-state index contributed by atoms with van der Waals surface area (Å²) in [6.07, 6.45) is 3.22. The van der Waals surface area contributed by atoms with E-state index in [0.29, 0.717) is 12.6 Å². The first-order valence-corrected chi connectivity index (χ1v) is 7.68. The summed E-state index contributed by atoms with van der Waals surface area (Å²) in [7, 11) is 2.09. The fraction of sp³-hybridized carbons (Fsp3) is 0.571. The Morgan fingerprint density at radius 1 is 1.39 bits per heavy atom. The summed E-state index contributed by atoms with van der Waals surface area (Å²) in [5.41, 5.74) is 7.73. The van der Waals surface area contributed by atoms with Gasteiger partial charge in [-0.1, -0.05) is 13.0 Å². The van der Waals surface area contributed by atoms with Crippen LogP contribution in [0.2, 0.25) is 0 Å². The third kappa shape index (κ3) is 4.26. The zero-order valence-electron chi connectivity index (χ0n) is 11.4. The van der Waals surface area contributed by atoms with Crippen molar-refractivity contribution >= 4 is 11.8 Å². The molecule has 0 amide bonds. The van der Waals surface area contributed by atoms with Crippen LogP contribution in [-0.4, -0.2) is 30.0 Å². The average Bonchev–Trinajstić information content (AvgIpc) is 2.36. The molecule has 0 aliphatic carbocycles. The summed E-state index contributed by atoms with van der Waals surface area (Å²) < 4.78 is 13.3. The molecule has 0 fully saturated rings. The lowest BCUT2D eigenvalue weighted by molar-refractivity contribution is 0.247. The maximum atomic E-state index is 13.3. The van der Waals surface area contributed by atoms with Gasteiger partial charge in [0, 0.05) is 24.9 Å². The molecule has 1 aromatic carbocycles. The maximum absolute atomic E-state index is 13.3. The number of halogens is 1. The minimum Gasteiger partial charge on any atom is -0.326 e. The molecule has 1 atom stereocenters. The van der Waals surface area contributed by atoms with Crippen molar-refractivity contribution in [2.45, 2.75) is 32.5 Å². The van der Waals surface area contributed by atoms with E-state index < -0.39 is 0 Å². The highest BCUT2D eigenvalue weighted by Gasteiger charge is 2.14. The molecule has 2 nitrogen and oxygen atoms in total. The van der Waals surface area contributed by atoms with Crippen LogP contribution in [0.5, 0.6) is 0 Å². The molecule has 0 saturated heterocycles. The van der Waals surface area contributed by atoms with E-state index in [0.717, 1.165) is 29.8 Å². The molecule has 0 spiro atoms. The highest BCUT2D eigenvalue weighted by Crippen LogP contribution is 2.16. The predicted molar refractivity (Wildman–Crippen MR) is 78.2 cm³/mol. The summed E-state index contributed by atoms with van der Waals surface area (Å²) in [5, 5.41) is 0. The van der Waals surface area contributed by atoms with Gasteiger partial charge in [0.05, 0.1) is 0 Å². The quantitative estimate of drug-likeness (QED) is 0.826. The van der Waals surface area contributed by atoms with E-state index in [-0.39, 0.29) is 5.82 Å². The van der Waals surface area contributed by atoms with Crippen molar-refractivity contribution in [3.63, 3.8) is 0 Å². The smallest absolute Gasteiger partial charge is 0.123 e. The Morgan fingerprint density at radius 3 is 2.67 bits per heavy atom. The number of nitrogens with zero attached hydrogens (tertiary/aromatic N) is 1. The van der Waals surface area contributed by atoms with Crippen LogP contribution in [0.4, 0.5) is 4.39 Å². The van der Waals surface area contributed by atoms with Crippen LogP contribution in [0.1, 0.15) is 24.5 Å². The lowest BCUT2D eigenvalue weighted by atomic mass is 10.1. The largest absolute Gasteiger partial charge is 0.326 e. The number of hydrogen-bond donors (Lipinski definition) is 1. The fourth-order valence-electron chi connectivity index (χ4n) is 2.09. The van der Waals surface area contributed by atoms with E-state index in [1.165, 1.54) is 6.07 Å². The zero-order chi connectivity index (χ0) is 13.5. The van der Waals surface area contributed by atoms with Crippen LogP contribution in [0, 0.1) is 5.82 Å². The summed E-state index contributed by atoms with van der Waals surface area (Å²) >= 11 is 1.85. The van der Waals surface area contributed by atoms with Gasteiger partial charge in [0.25, 0.3) is 0 Å². The van der Waals surface area contributed by atoms with Gasteiger partial charge in [0.1, 0.15) is 5.82 Å². The number of hydrogen-bond acceptors (Lipinski definition) is 3. The first-order valence-electron chi connectivity index (χ1n) is 6.28. The Hall–Kier alpha value is -0.580. The first kappa shape index (κ1) is 15.5. The van der Waals surface area contributed by atoms with Crippen molar-refractivity contribution in [2.24, 2.45) is 5.73 Å². The third-order valence-corrected chi connectivity index (χ3v) is 3.98. The van der Waals surface area contributed by atoms with Gasteiger partial charge in [-0.3, -0.25) is 4.90 Å². The summed E-state index contributed by atoms with van der Waals surface area (Å²) in [5.74, 6) is 0.911. The van der Waals surface area contributed by atoms with E-state index in [1.807, 2.05) is 11.8 Å². The Bertz CT molecular complexity index is 371. The number of thioether (sulfide) groups is 1. The number of rotatable bonds is 7. The average molecular weight is 270 g/mol. The predicted octanol–water partition coefficient (Wildman–Crippen LogP) is 2.86. The summed E-state index contributed by atoms with van der Waals surface area (Å²) in [4.78, 5) is 2.28. The lowest BCUT2D eigenvalue weighted by Crippen LogP contribution is -2.33. The second-order valence-electron chi connectivity index (χ2n) is 4.55. The highest BCUT2D eigenvalue weighted by molar-refractivity contribution is 7.98. The van der Waals surface area contributed by atoms with Crippen LogP contribution < -0.4 is 5.73 Å². The molecule has 0 bridgehead atoms. The van der Waals surface area contributed by atoms with E-state index in [2.05, 4.69) is 25.1 Å².